The molecule has 0 spiro atoms. The Kier molecular flexibility index (Phi) is 4.40. The van der Waals surface area contributed by atoms with Gasteiger partial charge in [0.05, 0.1) is 19.6 Å². The minimum atomic E-state index is -0.956. The molecule has 0 saturated heterocycles. The van der Waals surface area contributed by atoms with Gasteiger partial charge in [-0.1, -0.05) is 18.2 Å². The van der Waals surface area contributed by atoms with Gasteiger partial charge < -0.3 is 14.6 Å². The highest BCUT2D eigenvalue weighted by Gasteiger charge is 2.29. The third-order valence-corrected chi connectivity index (χ3v) is 3.84. The molecule has 0 aliphatic carbocycles. The minimum absolute atomic E-state index is 0.714. The predicted octanol–water partition coefficient (Wildman–Crippen LogP) is 3.73. The topological polar surface area (TPSA) is 55.8 Å². The number of benzene rings is 2. The molecule has 0 bridgehead atoms. The zero-order valence-electron chi connectivity index (χ0n) is 13.2. The van der Waals surface area contributed by atoms with Crippen LogP contribution in [0.1, 0.15) is 19.4 Å². The number of carbonyl (C=O) groups is 1. The van der Waals surface area contributed by atoms with Crippen molar-refractivity contribution in [3.63, 3.8) is 0 Å². The number of aliphatic carboxylic acids is 1. The van der Waals surface area contributed by atoms with E-state index in [0.717, 1.165) is 22.4 Å². The van der Waals surface area contributed by atoms with Gasteiger partial charge in [-0.25, -0.2) is 0 Å². The molecule has 116 valence electrons. The maximum atomic E-state index is 11.4. The molecule has 0 aromatic heterocycles. The Morgan fingerprint density at radius 3 is 2.36 bits per heavy atom. The summed E-state index contributed by atoms with van der Waals surface area (Å²) in [6, 6.07) is 13.0. The van der Waals surface area contributed by atoms with Crippen LogP contribution in [0, 0.1) is 0 Å². The molecule has 0 unspecified atom stereocenters. The van der Waals surface area contributed by atoms with Crippen molar-refractivity contribution in [2.24, 2.45) is 0 Å². The van der Waals surface area contributed by atoms with Gasteiger partial charge >= 0.3 is 5.97 Å². The van der Waals surface area contributed by atoms with Crippen LogP contribution in [0.5, 0.6) is 11.5 Å². The lowest BCUT2D eigenvalue weighted by Gasteiger charge is -2.21. The smallest absolute Gasteiger partial charge is 0.313 e. The molecule has 1 N–H and O–H groups in total. The van der Waals surface area contributed by atoms with Gasteiger partial charge in [-0.2, -0.15) is 0 Å². The van der Waals surface area contributed by atoms with Crippen LogP contribution < -0.4 is 9.47 Å². The summed E-state index contributed by atoms with van der Waals surface area (Å²) < 4.78 is 10.7. The molecule has 0 radical (unpaired) electrons. The highest BCUT2D eigenvalue weighted by atomic mass is 16.5. The second-order valence-corrected chi connectivity index (χ2v) is 5.58. The minimum Gasteiger partial charge on any atom is -0.497 e. The normalized spacial score (nSPS) is 11.1. The van der Waals surface area contributed by atoms with Crippen LogP contribution in [0.25, 0.3) is 11.1 Å². The van der Waals surface area contributed by atoms with Crippen molar-refractivity contribution in [1.29, 1.82) is 0 Å². The Morgan fingerprint density at radius 1 is 1.05 bits per heavy atom. The second-order valence-electron chi connectivity index (χ2n) is 5.58. The SMILES string of the molecule is COc1ccc(OC)c(-c2cccc(C(C)(C)C(=O)O)c2)c1. The fraction of sp³-hybridized carbons (Fsp3) is 0.278. The maximum Gasteiger partial charge on any atom is 0.313 e. The molecule has 0 aliphatic rings. The number of hydrogen-bond donors (Lipinski definition) is 1. The highest BCUT2D eigenvalue weighted by Crippen LogP contribution is 2.35. The first-order valence-electron chi connectivity index (χ1n) is 6.96. The fourth-order valence-electron chi connectivity index (χ4n) is 2.24. The van der Waals surface area contributed by atoms with Gasteiger partial charge in [-0.3, -0.25) is 4.79 Å². The largest absolute Gasteiger partial charge is 0.497 e. The molecule has 0 aliphatic heterocycles. The lowest BCUT2D eigenvalue weighted by atomic mass is 9.83. The summed E-state index contributed by atoms with van der Waals surface area (Å²) in [7, 11) is 3.21. The van der Waals surface area contributed by atoms with E-state index in [1.807, 2.05) is 42.5 Å². The summed E-state index contributed by atoms with van der Waals surface area (Å²) in [4.78, 5) is 11.4. The van der Waals surface area contributed by atoms with Crippen molar-refractivity contribution in [2.45, 2.75) is 19.3 Å². The van der Waals surface area contributed by atoms with Crippen molar-refractivity contribution >= 4 is 5.97 Å². The Balaban J connectivity index is 2.57. The van der Waals surface area contributed by atoms with Crippen LogP contribution in [-0.2, 0) is 10.2 Å². The second kappa shape index (κ2) is 6.10. The van der Waals surface area contributed by atoms with Crippen molar-refractivity contribution in [3.05, 3.63) is 48.0 Å². The third-order valence-electron chi connectivity index (χ3n) is 3.84. The number of ether oxygens (including phenoxy) is 2. The molecule has 0 fully saturated rings. The number of methoxy groups -OCH3 is 2. The van der Waals surface area contributed by atoms with Gasteiger partial charge in [0.25, 0.3) is 0 Å². The van der Waals surface area contributed by atoms with Crippen molar-refractivity contribution in [2.75, 3.05) is 14.2 Å². The van der Waals surface area contributed by atoms with Gasteiger partial charge in [0.2, 0.25) is 0 Å². The molecule has 2 aromatic rings. The van der Waals surface area contributed by atoms with E-state index in [-0.39, 0.29) is 0 Å². The summed E-state index contributed by atoms with van der Waals surface area (Å²) in [5, 5.41) is 9.39. The number of carboxylic acid groups (broad SMARTS) is 1. The highest BCUT2D eigenvalue weighted by molar-refractivity contribution is 5.81. The van der Waals surface area contributed by atoms with E-state index in [2.05, 4.69) is 0 Å². The van der Waals surface area contributed by atoms with Gasteiger partial charge in [0, 0.05) is 5.56 Å². The van der Waals surface area contributed by atoms with E-state index in [0.29, 0.717) is 5.75 Å². The molecule has 0 heterocycles. The number of rotatable bonds is 5. The standard InChI is InChI=1S/C18H20O4/c1-18(2,17(19)20)13-7-5-6-12(10-13)15-11-14(21-3)8-9-16(15)22-4/h5-11H,1-4H3,(H,19,20). The predicted molar refractivity (Wildman–Crippen MR) is 85.6 cm³/mol. The van der Waals surface area contributed by atoms with Crippen molar-refractivity contribution in [3.8, 4) is 22.6 Å². The summed E-state index contributed by atoms with van der Waals surface area (Å²) in [6.07, 6.45) is 0. The van der Waals surface area contributed by atoms with Gasteiger partial charge in [-0.05, 0) is 49.2 Å². The summed E-state index contributed by atoms with van der Waals surface area (Å²) >= 11 is 0. The summed E-state index contributed by atoms with van der Waals surface area (Å²) in [5.41, 5.74) is 1.54. The van der Waals surface area contributed by atoms with Gasteiger partial charge in [0.15, 0.2) is 0 Å². The van der Waals surface area contributed by atoms with Crippen LogP contribution in [0.3, 0.4) is 0 Å². The van der Waals surface area contributed by atoms with Crippen LogP contribution >= 0.6 is 0 Å². The Morgan fingerprint density at radius 2 is 1.77 bits per heavy atom. The zero-order chi connectivity index (χ0) is 16.3. The summed E-state index contributed by atoms with van der Waals surface area (Å²) in [5.74, 6) is 0.576. The number of hydrogen-bond acceptors (Lipinski definition) is 3. The van der Waals surface area contributed by atoms with Gasteiger partial charge in [-0.15, -0.1) is 0 Å². The van der Waals surface area contributed by atoms with E-state index in [9.17, 15) is 9.90 Å². The van der Waals surface area contributed by atoms with Crippen molar-refractivity contribution in [1.82, 2.24) is 0 Å². The maximum absolute atomic E-state index is 11.4. The van der Waals surface area contributed by atoms with E-state index >= 15 is 0 Å². The first-order chi connectivity index (χ1) is 10.4. The quantitative estimate of drug-likeness (QED) is 0.914. The average Bonchev–Trinajstić information content (AvgIpc) is 2.54. The first-order valence-corrected chi connectivity index (χ1v) is 6.96. The van der Waals surface area contributed by atoms with Crippen LogP contribution in [-0.4, -0.2) is 25.3 Å². The van der Waals surface area contributed by atoms with E-state index in [4.69, 9.17) is 9.47 Å². The molecule has 0 atom stereocenters. The summed E-state index contributed by atoms with van der Waals surface area (Å²) in [6.45, 7) is 3.38. The molecular formula is C18H20O4. The lowest BCUT2D eigenvalue weighted by molar-refractivity contribution is -0.142. The lowest BCUT2D eigenvalue weighted by Crippen LogP contribution is -2.28. The molecule has 2 rings (SSSR count). The molecule has 0 saturated carbocycles. The monoisotopic (exact) mass is 300 g/mol. The van der Waals surface area contributed by atoms with Crippen LogP contribution in [0.2, 0.25) is 0 Å². The Hall–Kier alpha value is -2.49. The third kappa shape index (κ3) is 2.91. The molecule has 0 amide bonds. The average molecular weight is 300 g/mol. The Labute approximate surface area is 130 Å². The van der Waals surface area contributed by atoms with E-state index in [1.165, 1.54) is 0 Å². The van der Waals surface area contributed by atoms with E-state index in [1.54, 1.807) is 28.1 Å². The van der Waals surface area contributed by atoms with Crippen LogP contribution in [0.15, 0.2) is 42.5 Å². The molecular weight excluding hydrogens is 280 g/mol. The van der Waals surface area contributed by atoms with Gasteiger partial charge in [0.1, 0.15) is 11.5 Å². The molecule has 4 nitrogen and oxygen atoms in total. The van der Waals surface area contributed by atoms with Crippen molar-refractivity contribution < 1.29 is 19.4 Å². The van der Waals surface area contributed by atoms with Crippen LogP contribution in [0.4, 0.5) is 0 Å². The fourth-order valence-corrected chi connectivity index (χ4v) is 2.24. The van der Waals surface area contributed by atoms with E-state index < -0.39 is 11.4 Å². The Bertz CT molecular complexity index is 689. The molecule has 2 aromatic carbocycles. The number of carboxylic acids is 1. The zero-order valence-corrected chi connectivity index (χ0v) is 13.2. The molecule has 4 heteroatoms. The first kappa shape index (κ1) is 15.9. The molecule has 22 heavy (non-hydrogen) atoms.